The maximum Gasteiger partial charge on any atom is 0.407 e. The first-order valence-corrected chi connectivity index (χ1v) is 7.72. The monoisotopic (exact) mass is 285 g/mol. The molecule has 0 aromatic heterocycles. The summed E-state index contributed by atoms with van der Waals surface area (Å²) in [4.78, 5) is 14.0. The SMILES string of the molecule is CC(C)N1CCC(NCCNC(=O)OC(C)(C)C)CC1. The highest BCUT2D eigenvalue weighted by molar-refractivity contribution is 5.67. The molecule has 0 bridgehead atoms. The van der Waals surface area contributed by atoms with Crippen LogP contribution in [0.1, 0.15) is 47.5 Å². The summed E-state index contributed by atoms with van der Waals surface area (Å²) >= 11 is 0. The van der Waals surface area contributed by atoms with Gasteiger partial charge in [0.15, 0.2) is 0 Å². The molecule has 0 unspecified atom stereocenters. The zero-order valence-electron chi connectivity index (χ0n) is 13.7. The van der Waals surface area contributed by atoms with E-state index in [-0.39, 0.29) is 6.09 Å². The van der Waals surface area contributed by atoms with E-state index in [1.165, 1.54) is 12.8 Å². The second kappa shape index (κ2) is 7.84. The molecule has 1 aliphatic rings. The largest absolute Gasteiger partial charge is 0.444 e. The van der Waals surface area contributed by atoms with Crippen LogP contribution in [-0.2, 0) is 4.74 Å². The van der Waals surface area contributed by atoms with Gasteiger partial charge >= 0.3 is 6.09 Å². The van der Waals surface area contributed by atoms with Crippen molar-refractivity contribution in [2.75, 3.05) is 26.2 Å². The van der Waals surface area contributed by atoms with Crippen molar-refractivity contribution in [3.05, 3.63) is 0 Å². The van der Waals surface area contributed by atoms with Crippen LogP contribution in [0, 0.1) is 0 Å². The summed E-state index contributed by atoms with van der Waals surface area (Å²) in [6.45, 7) is 13.8. The fourth-order valence-electron chi connectivity index (χ4n) is 2.38. The van der Waals surface area contributed by atoms with Crippen molar-refractivity contribution in [1.82, 2.24) is 15.5 Å². The number of likely N-dealkylation sites (tertiary alicyclic amines) is 1. The van der Waals surface area contributed by atoms with Gasteiger partial charge in [-0.25, -0.2) is 4.79 Å². The molecular formula is C15H31N3O2. The zero-order valence-corrected chi connectivity index (χ0v) is 13.7. The maximum atomic E-state index is 11.5. The molecule has 2 N–H and O–H groups in total. The Morgan fingerprint density at radius 3 is 2.35 bits per heavy atom. The predicted octanol–water partition coefficient (Wildman–Crippen LogP) is 1.97. The van der Waals surface area contributed by atoms with Crippen LogP contribution in [0.5, 0.6) is 0 Å². The highest BCUT2D eigenvalue weighted by atomic mass is 16.6. The standard InChI is InChI=1S/C15H31N3O2/c1-12(2)18-10-6-13(7-11-18)16-8-9-17-14(19)20-15(3,4)5/h12-13,16H,6-11H2,1-5H3,(H,17,19). The zero-order chi connectivity index (χ0) is 15.2. The van der Waals surface area contributed by atoms with Gasteiger partial charge in [0.05, 0.1) is 0 Å². The van der Waals surface area contributed by atoms with Crippen molar-refractivity contribution in [2.45, 2.75) is 65.1 Å². The van der Waals surface area contributed by atoms with E-state index in [9.17, 15) is 4.79 Å². The van der Waals surface area contributed by atoms with Crippen molar-refractivity contribution in [3.63, 3.8) is 0 Å². The average Bonchev–Trinajstić information content (AvgIpc) is 2.33. The molecule has 0 aromatic rings. The Balaban J connectivity index is 2.07. The smallest absolute Gasteiger partial charge is 0.407 e. The molecular weight excluding hydrogens is 254 g/mol. The van der Waals surface area contributed by atoms with Crippen molar-refractivity contribution < 1.29 is 9.53 Å². The van der Waals surface area contributed by atoms with Crippen molar-refractivity contribution in [3.8, 4) is 0 Å². The Morgan fingerprint density at radius 1 is 1.25 bits per heavy atom. The normalized spacial score (nSPS) is 18.3. The summed E-state index contributed by atoms with van der Waals surface area (Å²) in [6.07, 6.45) is 2.03. The van der Waals surface area contributed by atoms with E-state index in [0.29, 0.717) is 18.6 Å². The first kappa shape index (κ1) is 17.2. The number of hydrogen-bond acceptors (Lipinski definition) is 4. The van der Waals surface area contributed by atoms with E-state index in [0.717, 1.165) is 19.6 Å². The second-order valence-electron chi connectivity index (χ2n) is 6.79. The van der Waals surface area contributed by atoms with Gasteiger partial charge in [0.2, 0.25) is 0 Å². The van der Waals surface area contributed by atoms with Crippen LogP contribution in [0.2, 0.25) is 0 Å². The third-order valence-corrected chi connectivity index (χ3v) is 3.49. The van der Waals surface area contributed by atoms with Crippen LogP contribution in [0.25, 0.3) is 0 Å². The van der Waals surface area contributed by atoms with Gasteiger partial charge in [0.25, 0.3) is 0 Å². The first-order chi connectivity index (χ1) is 9.28. The molecule has 5 nitrogen and oxygen atoms in total. The number of nitrogens with one attached hydrogen (secondary N) is 2. The molecule has 5 heteroatoms. The topological polar surface area (TPSA) is 53.6 Å². The number of piperidine rings is 1. The highest BCUT2D eigenvalue weighted by Crippen LogP contribution is 2.12. The van der Waals surface area contributed by atoms with Gasteiger partial charge in [-0.15, -0.1) is 0 Å². The van der Waals surface area contributed by atoms with Gasteiger partial charge in [-0.2, -0.15) is 0 Å². The molecule has 0 aliphatic carbocycles. The summed E-state index contributed by atoms with van der Waals surface area (Å²) in [5, 5.41) is 6.27. The molecule has 0 spiro atoms. The molecule has 1 amide bonds. The number of carbonyl (C=O) groups excluding carboxylic acids is 1. The Kier molecular flexibility index (Phi) is 6.76. The predicted molar refractivity (Wildman–Crippen MR) is 82.0 cm³/mol. The van der Waals surface area contributed by atoms with Crippen LogP contribution in [0.15, 0.2) is 0 Å². The second-order valence-corrected chi connectivity index (χ2v) is 6.79. The fraction of sp³-hybridized carbons (Fsp3) is 0.933. The number of rotatable bonds is 5. The van der Waals surface area contributed by atoms with Gasteiger partial charge in [-0.1, -0.05) is 0 Å². The fourth-order valence-corrected chi connectivity index (χ4v) is 2.38. The van der Waals surface area contributed by atoms with Crippen molar-refractivity contribution in [2.24, 2.45) is 0 Å². The van der Waals surface area contributed by atoms with Gasteiger partial charge in [-0.3, -0.25) is 0 Å². The van der Waals surface area contributed by atoms with Crippen molar-refractivity contribution in [1.29, 1.82) is 0 Å². The van der Waals surface area contributed by atoms with Crippen LogP contribution >= 0.6 is 0 Å². The number of amides is 1. The Bertz CT molecular complexity index is 292. The minimum absolute atomic E-state index is 0.339. The number of alkyl carbamates (subject to hydrolysis) is 1. The van der Waals surface area contributed by atoms with Gasteiger partial charge < -0.3 is 20.3 Å². The maximum absolute atomic E-state index is 11.5. The quantitative estimate of drug-likeness (QED) is 0.758. The summed E-state index contributed by atoms with van der Waals surface area (Å²) in [7, 11) is 0. The lowest BCUT2D eigenvalue weighted by Crippen LogP contribution is -2.46. The molecule has 0 radical (unpaired) electrons. The van der Waals surface area contributed by atoms with Crippen molar-refractivity contribution >= 4 is 6.09 Å². The van der Waals surface area contributed by atoms with E-state index in [4.69, 9.17) is 4.74 Å². The first-order valence-electron chi connectivity index (χ1n) is 7.72. The van der Waals surface area contributed by atoms with Gasteiger partial charge in [0, 0.05) is 25.2 Å². The summed E-state index contributed by atoms with van der Waals surface area (Å²) in [5.41, 5.74) is -0.429. The van der Waals surface area contributed by atoms with Crippen LogP contribution < -0.4 is 10.6 Å². The van der Waals surface area contributed by atoms with E-state index in [1.54, 1.807) is 0 Å². The Morgan fingerprint density at radius 2 is 1.85 bits per heavy atom. The number of ether oxygens (including phenoxy) is 1. The lowest BCUT2D eigenvalue weighted by Gasteiger charge is -2.35. The summed E-state index contributed by atoms with van der Waals surface area (Å²) in [6, 6.07) is 1.22. The molecule has 0 aromatic carbocycles. The molecule has 0 saturated carbocycles. The lowest BCUT2D eigenvalue weighted by molar-refractivity contribution is 0.0527. The minimum Gasteiger partial charge on any atom is -0.444 e. The van der Waals surface area contributed by atoms with Gasteiger partial charge in [0.1, 0.15) is 5.60 Å². The van der Waals surface area contributed by atoms with Crippen LogP contribution in [0.3, 0.4) is 0 Å². The lowest BCUT2D eigenvalue weighted by atomic mass is 10.0. The molecule has 0 atom stereocenters. The van der Waals surface area contributed by atoms with E-state index in [2.05, 4.69) is 29.4 Å². The van der Waals surface area contributed by atoms with E-state index < -0.39 is 5.60 Å². The molecule has 118 valence electrons. The van der Waals surface area contributed by atoms with Crippen LogP contribution in [0.4, 0.5) is 4.79 Å². The van der Waals surface area contributed by atoms with Crippen LogP contribution in [-0.4, -0.2) is 54.9 Å². The van der Waals surface area contributed by atoms with Gasteiger partial charge in [-0.05, 0) is 60.5 Å². The Labute approximate surface area is 123 Å². The van der Waals surface area contributed by atoms with E-state index >= 15 is 0 Å². The summed E-state index contributed by atoms with van der Waals surface area (Å²) in [5.74, 6) is 0. The molecule has 1 saturated heterocycles. The average molecular weight is 285 g/mol. The molecule has 1 fully saturated rings. The molecule has 1 aliphatic heterocycles. The van der Waals surface area contributed by atoms with E-state index in [1.807, 2.05) is 20.8 Å². The third kappa shape index (κ3) is 7.10. The minimum atomic E-state index is -0.429. The number of hydrogen-bond donors (Lipinski definition) is 2. The molecule has 1 rings (SSSR count). The third-order valence-electron chi connectivity index (χ3n) is 3.49. The Hall–Kier alpha value is -0.810. The molecule has 20 heavy (non-hydrogen) atoms. The summed E-state index contributed by atoms with van der Waals surface area (Å²) < 4.78 is 5.19. The highest BCUT2D eigenvalue weighted by Gasteiger charge is 2.20. The number of nitrogens with zero attached hydrogens (tertiary/aromatic N) is 1. The number of carbonyl (C=O) groups is 1. The molecule has 1 heterocycles.